The van der Waals surface area contributed by atoms with Crippen LogP contribution >= 0.6 is 0 Å². The predicted octanol–water partition coefficient (Wildman–Crippen LogP) is 2.96. The third-order valence-corrected chi connectivity index (χ3v) is 4.43. The van der Waals surface area contributed by atoms with Crippen molar-refractivity contribution < 1.29 is 33.5 Å². The fourth-order valence-corrected chi connectivity index (χ4v) is 3.04. The normalized spacial score (nSPS) is 18.3. The van der Waals surface area contributed by atoms with Crippen molar-refractivity contribution >= 4 is 17.8 Å². The molecule has 0 atom stereocenters. The fraction of sp³-hybridized carbons (Fsp3) is 0.421. The SMILES string of the molecule is CC(=O)O.COc1cc(-c2onc(NC3CCC(N)CC3)c2C(=O)O)ccc1F. The van der Waals surface area contributed by atoms with Crippen LogP contribution < -0.4 is 15.8 Å². The van der Waals surface area contributed by atoms with E-state index in [9.17, 15) is 14.3 Å². The molecular weight excluding hydrogens is 385 g/mol. The van der Waals surface area contributed by atoms with Gasteiger partial charge in [-0.25, -0.2) is 9.18 Å². The summed E-state index contributed by atoms with van der Waals surface area (Å²) in [6.45, 7) is 1.08. The van der Waals surface area contributed by atoms with E-state index in [1.807, 2.05) is 0 Å². The largest absolute Gasteiger partial charge is 0.494 e. The van der Waals surface area contributed by atoms with Gasteiger partial charge in [-0.3, -0.25) is 4.79 Å². The number of nitrogens with one attached hydrogen (secondary N) is 1. The average Bonchev–Trinajstić information content (AvgIpc) is 3.07. The Morgan fingerprint density at radius 3 is 2.45 bits per heavy atom. The highest BCUT2D eigenvalue weighted by Crippen LogP contribution is 2.33. The van der Waals surface area contributed by atoms with E-state index in [4.69, 9.17) is 24.9 Å². The van der Waals surface area contributed by atoms with Crippen molar-refractivity contribution in [3.05, 3.63) is 29.6 Å². The second-order valence-corrected chi connectivity index (χ2v) is 6.66. The number of aromatic carboxylic acids is 1. The molecule has 0 saturated heterocycles. The molecule has 0 radical (unpaired) electrons. The molecule has 0 aliphatic heterocycles. The molecule has 1 aliphatic carbocycles. The summed E-state index contributed by atoms with van der Waals surface area (Å²) >= 11 is 0. The quantitative estimate of drug-likeness (QED) is 0.585. The van der Waals surface area contributed by atoms with Crippen LogP contribution in [0.25, 0.3) is 11.3 Å². The van der Waals surface area contributed by atoms with E-state index in [1.54, 1.807) is 0 Å². The molecule has 0 bridgehead atoms. The van der Waals surface area contributed by atoms with E-state index >= 15 is 0 Å². The average molecular weight is 409 g/mol. The Kier molecular flexibility index (Phi) is 7.54. The van der Waals surface area contributed by atoms with Gasteiger partial charge >= 0.3 is 5.97 Å². The van der Waals surface area contributed by atoms with E-state index in [0.29, 0.717) is 5.56 Å². The van der Waals surface area contributed by atoms with Gasteiger partial charge in [-0.2, -0.15) is 0 Å². The van der Waals surface area contributed by atoms with Crippen LogP contribution in [0.2, 0.25) is 0 Å². The highest BCUT2D eigenvalue weighted by Gasteiger charge is 2.27. The zero-order valence-corrected chi connectivity index (χ0v) is 16.1. The summed E-state index contributed by atoms with van der Waals surface area (Å²) in [5, 5.41) is 24.0. The van der Waals surface area contributed by atoms with Gasteiger partial charge in [-0.15, -0.1) is 0 Å². The number of benzene rings is 1. The zero-order valence-electron chi connectivity index (χ0n) is 16.1. The van der Waals surface area contributed by atoms with Gasteiger partial charge in [-0.05, 0) is 43.9 Å². The van der Waals surface area contributed by atoms with Gasteiger partial charge in [0.15, 0.2) is 28.7 Å². The lowest BCUT2D eigenvalue weighted by molar-refractivity contribution is -0.134. The number of carboxylic acids is 2. The molecule has 1 aromatic heterocycles. The Morgan fingerprint density at radius 2 is 1.90 bits per heavy atom. The van der Waals surface area contributed by atoms with Crippen LogP contribution in [0.1, 0.15) is 43.0 Å². The molecule has 3 rings (SSSR count). The van der Waals surface area contributed by atoms with Crippen LogP contribution in [-0.2, 0) is 4.79 Å². The van der Waals surface area contributed by atoms with Crippen molar-refractivity contribution in [1.82, 2.24) is 5.16 Å². The van der Waals surface area contributed by atoms with Gasteiger partial charge in [-0.1, -0.05) is 5.16 Å². The second-order valence-electron chi connectivity index (χ2n) is 6.66. The van der Waals surface area contributed by atoms with E-state index in [2.05, 4.69) is 10.5 Å². The van der Waals surface area contributed by atoms with Gasteiger partial charge < -0.3 is 30.5 Å². The zero-order chi connectivity index (χ0) is 21.6. The topological polar surface area (TPSA) is 148 Å². The first-order chi connectivity index (χ1) is 13.7. The van der Waals surface area contributed by atoms with Crippen molar-refractivity contribution in [3.63, 3.8) is 0 Å². The second kappa shape index (κ2) is 9.87. The summed E-state index contributed by atoms with van der Waals surface area (Å²) in [5.74, 6) is -2.32. The number of nitrogens with two attached hydrogens (primary N) is 1. The summed E-state index contributed by atoms with van der Waals surface area (Å²) in [6, 6.07) is 4.29. The smallest absolute Gasteiger partial charge is 0.343 e. The number of halogens is 1. The summed E-state index contributed by atoms with van der Waals surface area (Å²) in [5.41, 5.74) is 6.19. The third kappa shape index (κ3) is 5.92. The van der Waals surface area contributed by atoms with E-state index in [-0.39, 0.29) is 35.0 Å². The molecule has 158 valence electrons. The minimum absolute atomic E-state index is 0.000941. The lowest BCUT2D eigenvalue weighted by Gasteiger charge is -2.26. The van der Waals surface area contributed by atoms with Gasteiger partial charge in [0.1, 0.15) is 0 Å². The number of aliphatic carboxylic acids is 1. The van der Waals surface area contributed by atoms with Crippen LogP contribution in [0.4, 0.5) is 10.2 Å². The summed E-state index contributed by atoms with van der Waals surface area (Å²) in [7, 11) is 1.33. The Hall–Kier alpha value is -3.14. The molecular formula is C19H24FN3O6. The minimum atomic E-state index is -1.17. The highest BCUT2D eigenvalue weighted by atomic mass is 19.1. The van der Waals surface area contributed by atoms with Crippen LogP contribution in [0.3, 0.4) is 0 Å². The maximum absolute atomic E-state index is 13.6. The van der Waals surface area contributed by atoms with Crippen molar-refractivity contribution in [1.29, 1.82) is 0 Å². The number of aromatic nitrogens is 1. The van der Waals surface area contributed by atoms with Crippen LogP contribution in [0.5, 0.6) is 5.75 Å². The third-order valence-electron chi connectivity index (χ3n) is 4.43. The van der Waals surface area contributed by atoms with Gasteiger partial charge in [0.2, 0.25) is 0 Å². The van der Waals surface area contributed by atoms with Crippen LogP contribution in [0.15, 0.2) is 22.7 Å². The molecule has 1 aliphatic rings. The Morgan fingerprint density at radius 1 is 1.28 bits per heavy atom. The first-order valence-electron chi connectivity index (χ1n) is 9.01. The Bertz CT molecular complexity index is 858. The molecule has 5 N–H and O–H groups in total. The number of carbonyl (C=O) groups is 2. The minimum Gasteiger partial charge on any atom is -0.494 e. The number of hydrogen-bond donors (Lipinski definition) is 4. The molecule has 2 aromatic rings. The summed E-state index contributed by atoms with van der Waals surface area (Å²) in [4.78, 5) is 20.7. The number of nitrogens with zero attached hydrogens (tertiary/aromatic N) is 1. The van der Waals surface area contributed by atoms with Crippen molar-refractivity contribution in [3.8, 4) is 17.1 Å². The number of rotatable bonds is 5. The molecule has 1 saturated carbocycles. The monoisotopic (exact) mass is 409 g/mol. The van der Waals surface area contributed by atoms with E-state index < -0.39 is 17.8 Å². The Labute approximate surface area is 166 Å². The van der Waals surface area contributed by atoms with Crippen molar-refractivity contribution in [2.45, 2.75) is 44.7 Å². The van der Waals surface area contributed by atoms with Gasteiger partial charge in [0.05, 0.1) is 7.11 Å². The van der Waals surface area contributed by atoms with Gasteiger partial charge in [0, 0.05) is 24.6 Å². The summed E-state index contributed by atoms with van der Waals surface area (Å²) in [6.07, 6.45) is 3.43. The highest BCUT2D eigenvalue weighted by molar-refractivity contribution is 5.99. The lowest BCUT2D eigenvalue weighted by atomic mass is 9.92. The molecule has 0 amide bonds. The number of methoxy groups -OCH3 is 1. The maximum Gasteiger partial charge on any atom is 0.343 e. The van der Waals surface area contributed by atoms with Crippen LogP contribution in [0, 0.1) is 5.82 Å². The van der Waals surface area contributed by atoms with Gasteiger partial charge in [0.25, 0.3) is 5.97 Å². The predicted molar refractivity (Wildman–Crippen MR) is 103 cm³/mol. The number of hydrogen-bond acceptors (Lipinski definition) is 7. The maximum atomic E-state index is 13.6. The van der Waals surface area contributed by atoms with E-state index in [0.717, 1.165) is 32.6 Å². The number of carboxylic acid groups (broad SMARTS) is 2. The lowest BCUT2D eigenvalue weighted by Crippen LogP contribution is -2.33. The van der Waals surface area contributed by atoms with Crippen molar-refractivity contribution in [2.24, 2.45) is 5.73 Å². The molecule has 9 nitrogen and oxygen atoms in total. The molecule has 0 spiro atoms. The van der Waals surface area contributed by atoms with Crippen LogP contribution in [-0.4, -0.2) is 46.5 Å². The molecule has 1 fully saturated rings. The molecule has 29 heavy (non-hydrogen) atoms. The Balaban J connectivity index is 0.000000687. The molecule has 1 aromatic carbocycles. The fourth-order valence-electron chi connectivity index (χ4n) is 3.04. The molecule has 0 unspecified atom stereocenters. The molecule has 10 heteroatoms. The number of anilines is 1. The van der Waals surface area contributed by atoms with Crippen molar-refractivity contribution in [2.75, 3.05) is 12.4 Å². The first kappa shape index (κ1) is 22.2. The number of ether oxygens (including phenoxy) is 1. The standard InChI is InChI=1S/C17H20FN3O4.C2H4O2/c1-24-13-8-9(2-7-12(13)18)15-14(17(22)23)16(21-25-15)20-11-5-3-10(19)4-6-11;1-2(3)4/h2,7-8,10-11H,3-6,19H2,1H3,(H,20,21)(H,22,23);1H3,(H,3,4). The molecule has 1 heterocycles. The summed E-state index contributed by atoms with van der Waals surface area (Å²) < 4.78 is 23.8. The van der Waals surface area contributed by atoms with E-state index in [1.165, 1.54) is 25.3 Å². The first-order valence-corrected chi connectivity index (χ1v) is 9.01.